The Hall–Kier alpha value is -3.39. The van der Waals surface area contributed by atoms with Crippen molar-refractivity contribution in [3.63, 3.8) is 0 Å². The van der Waals surface area contributed by atoms with E-state index < -0.39 is 23.5 Å². The molecule has 184 valence electrons. The summed E-state index contributed by atoms with van der Waals surface area (Å²) in [6, 6.07) is 16.3. The summed E-state index contributed by atoms with van der Waals surface area (Å²) >= 11 is 0. The van der Waals surface area contributed by atoms with Crippen molar-refractivity contribution in [2.75, 3.05) is 26.3 Å². The van der Waals surface area contributed by atoms with Gasteiger partial charge in [0.1, 0.15) is 12.1 Å². The summed E-state index contributed by atoms with van der Waals surface area (Å²) in [6.07, 6.45) is 0.726. The predicted molar refractivity (Wildman–Crippen MR) is 128 cm³/mol. The Morgan fingerprint density at radius 3 is 2.43 bits per heavy atom. The van der Waals surface area contributed by atoms with Crippen LogP contribution in [0.5, 0.6) is 0 Å². The number of carboxylic acid groups (broad SMARTS) is 1. The van der Waals surface area contributed by atoms with Gasteiger partial charge in [-0.15, -0.1) is 0 Å². The molecule has 1 aliphatic carbocycles. The maximum absolute atomic E-state index is 13.0. The fourth-order valence-electron chi connectivity index (χ4n) is 5.63. The molecule has 2 N–H and O–H groups in total. The van der Waals surface area contributed by atoms with E-state index >= 15 is 0 Å². The molecule has 0 bridgehead atoms. The zero-order valence-electron chi connectivity index (χ0n) is 19.7. The van der Waals surface area contributed by atoms with E-state index in [0.717, 1.165) is 11.1 Å². The van der Waals surface area contributed by atoms with Gasteiger partial charge in [-0.25, -0.2) is 9.59 Å². The van der Waals surface area contributed by atoms with E-state index in [-0.39, 0.29) is 37.7 Å². The minimum Gasteiger partial charge on any atom is -0.480 e. The first-order valence-electron chi connectivity index (χ1n) is 12.1. The molecule has 0 spiro atoms. The Morgan fingerprint density at radius 1 is 1.11 bits per heavy atom. The van der Waals surface area contributed by atoms with Crippen LogP contribution in [0.3, 0.4) is 0 Å². The third-order valence-electron chi connectivity index (χ3n) is 7.62. The SMILES string of the molecule is C[C@]1(C(=O)O)CCCN1C(=O)C1COC(CNC(=O)OCC2c3ccccc3-c3ccccc32)C1. The summed E-state index contributed by atoms with van der Waals surface area (Å²) in [5.74, 6) is -1.57. The standard InChI is InChI=1S/C27H30N2O6/c1-27(25(31)32)11-6-12-29(27)24(30)17-13-18(34-15-17)14-28-26(33)35-16-23-21-9-4-2-7-19(21)20-8-3-5-10-22(20)23/h2-5,7-10,17-18,23H,6,11-16H2,1H3,(H,28,33)(H,31,32)/t17?,18?,27-/m1/s1. The van der Waals surface area contributed by atoms with Crippen LogP contribution in [0, 0.1) is 5.92 Å². The van der Waals surface area contributed by atoms with Crippen molar-refractivity contribution < 1.29 is 29.0 Å². The van der Waals surface area contributed by atoms with Crippen LogP contribution < -0.4 is 5.32 Å². The molecule has 0 radical (unpaired) electrons. The van der Waals surface area contributed by atoms with Gasteiger partial charge in [0.2, 0.25) is 5.91 Å². The molecule has 3 atom stereocenters. The van der Waals surface area contributed by atoms with Gasteiger partial charge in [0.25, 0.3) is 0 Å². The molecule has 2 aromatic rings. The zero-order chi connectivity index (χ0) is 24.6. The zero-order valence-corrected chi connectivity index (χ0v) is 19.7. The molecule has 0 aromatic heterocycles. The van der Waals surface area contributed by atoms with Crippen LogP contribution in [0.4, 0.5) is 4.79 Å². The Labute approximate surface area is 204 Å². The lowest BCUT2D eigenvalue weighted by molar-refractivity contribution is -0.157. The lowest BCUT2D eigenvalue weighted by Crippen LogP contribution is -2.52. The number of ether oxygens (including phenoxy) is 2. The van der Waals surface area contributed by atoms with Crippen molar-refractivity contribution in [2.24, 2.45) is 5.92 Å². The highest BCUT2D eigenvalue weighted by Crippen LogP contribution is 2.44. The topological polar surface area (TPSA) is 105 Å². The molecule has 2 saturated heterocycles. The fraction of sp³-hybridized carbons (Fsp3) is 0.444. The average molecular weight is 479 g/mol. The second-order valence-corrected chi connectivity index (χ2v) is 9.77. The summed E-state index contributed by atoms with van der Waals surface area (Å²) in [4.78, 5) is 38.6. The van der Waals surface area contributed by atoms with Crippen LogP contribution in [0.15, 0.2) is 48.5 Å². The molecule has 2 heterocycles. The first kappa shape index (κ1) is 23.4. The number of hydrogen-bond acceptors (Lipinski definition) is 5. The van der Waals surface area contributed by atoms with E-state index in [1.807, 2.05) is 24.3 Å². The van der Waals surface area contributed by atoms with Gasteiger partial charge in [-0.1, -0.05) is 48.5 Å². The number of carbonyl (C=O) groups is 3. The van der Waals surface area contributed by atoms with Crippen LogP contribution in [0.2, 0.25) is 0 Å². The number of nitrogens with one attached hydrogen (secondary N) is 1. The molecule has 0 saturated carbocycles. The van der Waals surface area contributed by atoms with Crippen LogP contribution in [-0.4, -0.2) is 65.9 Å². The number of amides is 2. The lowest BCUT2D eigenvalue weighted by atomic mass is 9.96. The third-order valence-corrected chi connectivity index (χ3v) is 7.62. The summed E-state index contributed by atoms with van der Waals surface area (Å²) < 4.78 is 11.3. The van der Waals surface area contributed by atoms with Crippen LogP contribution in [0.25, 0.3) is 11.1 Å². The van der Waals surface area contributed by atoms with E-state index in [2.05, 4.69) is 29.6 Å². The molecule has 2 fully saturated rings. The number of aliphatic carboxylic acids is 1. The van der Waals surface area contributed by atoms with Crippen molar-refractivity contribution in [3.05, 3.63) is 59.7 Å². The summed E-state index contributed by atoms with van der Waals surface area (Å²) in [5, 5.41) is 12.3. The Bertz CT molecular complexity index is 1100. The highest BCUT2D eigenvalue weighted by Gasteiger charge is 2.48. The fourth-order valence-corrected chi connectivity index (χ4v) is 5.63. The number of hydrogen-bond donors (Lipinski definition) is 2. The first-order valence-corrected chi connectivity index (χ1v) is 12.1. The number of alkyl carbamates (subject to hydrolysis) is 1. The molecule has 2 amide bonds. The van der Waals surface area contributed by atoms with E-state index in [0.29, 0.717) is 25.8 Å². The molecule has 3 aliphatic rings. The highest BCUT2D eigenvalue weighted by molar-refractivity contribution is 5.88. The van der Waals surface area contributed by atoms with Crippen molar-refractivity contribution in [1.82, 2.24) is 10.2 Å². The Morgan fingerprint density at radius 2 is 1.77 bits per heavy atom. The van der Waals surface area contributed by atoms with Gasteiger partial charge in [-0.3, -0.25) is 4.79 Å². The second-order valence-electron chi connectivity index (χ2n) is 9.77. The van der Waals surface area contributed by atoms with Crippen LogP contribution in [0.1, 0.15) is 43.2 Å². The number of carboxylic acids is 1. The highest BCUT2D eigenvalue weighted by atomic mass is 16.5. The molecule has 2 unspecified atom stereocenters. The van der Waals surface area contributed by atoms with E-state index in [9.17, 15) is 19.5 Å². The van der Waals surface area contributed by atoms with Gasteiger partial charge in [0, 0.05) is 19.0 Å². The molecule has 2 aromatic carbocycles. The van der Waals surface area contributed by atoms with Crippen molar-refractivity contribution in [3.8, 4) is 11.1 Å². The summed E-state index contributed by atoms with van der Waals surface area (Å²) in [6.45, 7) is 2.74. The van der Waals surface area contributed by atoms with Gasteiger partial charge in [0.05, 0.1) is 18.6 Å². The maximum atomic E-state index is 13.0. The Kier molecular flexibility index (Phi) is 6.23. The van der Waals surface area contributed by atoms with Gasteiger partial charge < -0.3 is 24.8 Å². The smallest absolute Gasteiger partial charge is 0.407 e. The summed E-state index contributed by atoms with van der Waals surface area (Å²) in [7, 11) is 0. The molecular weight excluding hydrogens is 448 g/mol. The molecule has 5 rings (SSSR count). The van der Waals surface area contributed by atoms with Gasteiger partial charge in [0.15, 0.2) is 0 Å². The van der Waals surface area contributed by atoms with Crippen molar-refractivity contribution >= 4 is 18.0 Å². The minimum atomic E-state index is -1.16. The van der Waals surface area contributed by atoms with E-state index in [1.54, 1.807) is 6.92 Å². The molecule has 35 heavy (non-hydrogen) atoms. The van der Waals surface area contributed by atoms with Gasteiger partial charge in [-0.2, -0.15) is 0 Å². The average Bonchev–Trinajstić information content (AvgIpc) is 3.57. The number of nitrogens with zero attached hydrogens (tertiary/aromatic N) is 1. The van der Waals surface area contributed by atoms with E-state index in [4.69, 9.17) is 9.47 Å². The van der Waals surface area contributed by atoms with Crippen LogP contribution in [-0.2, 0) is 19.1 Å². The minimum absolute atomic E-state index is 0.0121. The quantitative estimate of drug-likeness (QED) is 0.659. The number of carbonyl (C=O) groups excluding carboxylic acids is 2. The monoisotopic (exact) mass is 478 g/mol. The first-order chi connectivity index (χ1) is 16.9. The molecular formula is C27H30N2O6. The number of likely N-dealkylation sites (tertiary alicyclic amines) is 1. The van der Waals surface area contributed by atoms with E-state index in [1.165, 1.54) is 16.0 Å². The van der Waals surface area contributed by atoms with Crippen LogP contribution >= 0.6 is 0 Å². The Balaban J connectivity index is 1.12. The number of rotatable bonds is 6. The normalized spacial score (nSPS) is 25.2. The van der Waals surface area contributed by atoms with Crippen molar-refractivity contribution in [1.29, 1.82) is 0 Å². The lowest BCUT2D eigenvalue weighted by Gasteiger charge is -2.32. The molecule has 2 aliphatic heterocycles. The number of fused-ring (bicyclic) bond motifs is 3. The summed E-state index contributed by atoms with van der Waals surface area (Å²) in [5.41, 5.74) is 3.48. The maximum Gasteiger partial charge on any atom is 0.407 e. The van der Waals surface area contributed by atoms with Crippen molar-refractivity contribution in [2.45, 2.75) is 43.7 Å². The molecule has 8 nitrogen and oxygen atoms in total. The van der Waals surface area contributed by atoms with Gasteiger partial charge >= 0.3 is 12.1 Å². The largest absolute Gasteiger partial charge is 0.480 e. The molecule has 8 heteroatoms. The van der Waals surface area contributed by atoms with Gasteiger partial charge in [-0.05, 0) is 48.4 Å². The second kappa shape index (κ2) is 9.34. The number of benzene rings is 2. The predicted octanol–water partition coefficient (Wildman–Crippen LogP) is 3.40. The third kappa shape index (κ3) is 4.27.